The summed E-state index contributed by atoms with van der Waals surface area (Å²) >= 11 is 1.63. The van der Waals surface area contributed by atoms with Crippen molar-refractivity contribution in [1.29, 1.82) is 0 Å². The van der Waals surface area contributed by atoms with Gasteiger partial charge in [-0.25, -0.2) is 0 Å². The molecule has 0 spiro atoms. The van der Waals surface area contributed by atoms with Gasteiger partial charge in [-0.2, -0.15) is 0 Å². The summed E-state index contributed by atoms with van der Waals surface area (Å²) in [6.07, 6.45) is 0. The zero-order valence-electron chi connectivity index (χ0n) is 11.3. The van der Waals surface area contributed by atoms with Gasteiger partial charge >= 0.3 is 0 Å². The van der Waals surface area contributed by atoms with E-state index in [4.69, 9.17) is 10.5 Å². The maximum atomic E-state index is 5.81. The Labute approximate surface area is 117 Å². The summed E-state index contributed by atoms with van der Waals surface area (Å²) in [6.45, 7) is 4.13. The Hall–Kier alpha value is -1.69. The minimum atomic E-state index is 0.258. The molecule has 0 amide bonds. The molecular weight excluding hydrogens is 260 g/mol. The van der Waals surface area contributed by atoms with Crippen molar-refractivity contribution in [3.05, 3.63) is 29.8 Å². The molecule has 0 atom stereocenters. The number of rotatable bonds is 5. The summed E-state index contributed by atoms with van der Waals surface area (Å²) in [5.41, 5.74) is 7.02. The van der Waals surface area contributed by atoms with Crippen molar-refractivity contribution in [3.63, 3.8) is 0 Å². The van der Waals surface area contributed by atoms with Crippen LogP contribution in [0.2, 0.25) is 0 Å². The summed E-state index contributed by atoms with van der Waals surface area (Å²) in [6, 6.07) is 8.26. The quantitative estimate of drug-likeness (QED) is 0.852. The molecule has 1 heterocycles. The monoisotopic (exact) mass is 278 g/mol. The maximum Gasteiger partial charge on any atom is 0.222 e. The SMILES string of the molecule is COc1ccc(CSc2nnc(N)n2C(C)C)cc1. The van der Waals surface area contributed by atoms with Crippen LogP contribution in [0.4, 0.5) is 5.95 Å². The van der Waals surface area contributed by atoms with Crippen molar-refractivity contribution in [1.82, 2.24) is 14.8 Å². The number of nitrogens with zero attached hydrogens (tertiary/aromatic N) is 3. The second kappa shape index (κ2) is 5.97. The van der Waals surface area contributed by atoms with Gasteiger partial charge in [-0.05, 0) is 31.5 Å². The lowest BCUT2D eigenvalue weighted by Crippen LogP contribution is -2.06. The second-order valence-corrected chi connectivity index (χ2v) is 5.38. The number of aromatic nitrogens is 3. The van der Waals surface area contributed by atoms with Gasteiger partial charge in [0.05, 0.1) is 7.11 Å². The largest absolute Gasteiger partial charge is 0.497 e. The van der Waals surface area contributed by atoms with E-state index in [9.17, 15) is 0 Å². The normalized spacial score (nSPS) is 10.9. The van der Waals surface area contributed by atoms with E-state index in [1.807, 2.05) is 28.8 Å². The molecule has 0 bridgehead atoms. The van der Waals surface area contributed by atoms with Crippen LogP contribution in [0.1, 0.15) is 25.5 Å². The predicted octanol–water partition coefficient (Wildman–Crippen LogP) is 2.74. The number of hydrogen-bond donors (Lipinski definition) is 1. The van der Waals surface area contributed by atoms with E-state index in [1.54, 1.807) is 18.9 Å². The lowest BCUT2D eigenvalue weighted by Gasteiger charge is -2.11. The highest BCUT2D eigenvalue weighted by Gasteiger charge is 2.12. The fourth-order valence-corrected chi connectivity index (χ4v) is 2.77. The molecule has 2 aromatic rings. The lowest BCUT2D eigenvalue weighted by atomic mass is 10.2. The van der Waals surface area contributed by atoms with Gasteiger partial charge in [-0.15, -0.1) is 10.2 Å². The Morgan fingerprint density at radius 1 is 1.26 bits per heavy atom. The van der Waals surface area contributed by atoms with Gasteiger partial charge in [0.1, 0.15) is 5.75 Å². The summed E-state index contributed by atoms with van der Waals surface area (Å²) in [5, 5.41) is 8.89. The van der Waals surface area contributed by atoms with Crippen LogP contribution in [0.15, 0.2) is 29.4 Å². The molecule has 0 unspecified atom stereocenters. The molecule has 102 valence electrons. The Balaban J connectivity index is 2.05. The molecule has 0 saturated heterocycles. The zero-order chi connectivity index (χ0) is 13.8. The Morgan fingerprint density at radius 3 is 2.53 bits per heavy atom. The Kier molecular flexibility index (Phi) is 4.31. The van der Waals surface area contributed by atoms with Gasteiger partial charge in [-0.1, -0.05) is 23.9 Å². The van der Waals surface area contributed by atoms with Gasteiger partial charge in [0.25, 0.3) is 0 Å². The van der Waals surface area contributed by atoms with E-state index in [2.05, 4.69) is 24.0 Å². The van der Waals surface area contributed by atoms with Crippen molar-refractivity contribution in [2.45, 2.75) is 30.8 Å². The number of anilines is 1. The topological polar surface area (TPSA) is 66.0 Å². The molecule has 2 rings (SSSR count). The molecule has 1 aromatic heterocycles. The number of methoxy groups -OCH3 is 1. The van der Waals surface area contributed by atoms with Gasteiger partial charge in [0, 0.05) is 11.8 Å². The van der Waals surface area contributed by atoms with Gasteiger partial charge in [0.2, 0.25) is 5.95 Å². The minimum Gasteiger partial charge on any atom is -0.497 e. The van der Waals surface area contributed by atoms with Crippen LogP contribution in [-0.4, -0.2) is 21.9 Å². The highest BCUT2D eigenvalue weighted by molar-refractivity contribution is 7.98. The van der Waals surface area contributed by atoms with E-state index in [-0.39, 0.29) is 6.04 Å². The van der Waals surface area contributed by atoms with E-state index in [1.165, 1.54) is 5.56 Å². The molecule has 19 heavy (non-hydrogen) atoms. The number of thioether (sulfide) groups is 1. The van der Waals surface area contributed by atoms with Crippen LogP contribution in [0.25, 0.3) is 0 Å². The molecule has 1 aromatic carbocycles. The molecule has 0 fully saturated rings. The van der Waals surface area contributed by atoms with Gasteiger partial charge in [-0.3, -0.25) is 4.57 Å². The molecular formula is C13H18N4OS. The standard InChI is InChI=1S/C13H18N4OS/c1-9(2)17-12(14)15-16-13(17)19-8-10-4-6-11(18-3)7-5-10/h4-7,9H,8H2,1-3H3,(H2,14,15). The highest BCUT2D eigenvalue weighted by Crippen LogP contribution is 2.26. The van der Waals surface area contributed by atoms with Crippen LogP contribution in [0, 0.1) is 0 Å². The smallest absolute Gasteiger partial charge is 0.222 e. The van der Waals surface area contributed by atoms with Crippen LogP contribution in [0.5, 0.6) is 5.75 Å². The third-order valence-corrected chi connectivity index (χ3v) is 3.75. The van der Waals surface area contributed by atoms with Crippen molar-refractivity contribution < 1.29 is 4.74 Å². The fraction of sp³-hybridized carbons (Fsp3) is 0.385. The number of nitrogen functional groups attached to an aromatic ring is 1. The van der Waals surface area contributed by atoms with Crippen LogP contribution >= 0.6 is 11.8 Å². The first-order valence-corrected chi connectivity index (χ1v) is 7.06. The lowest BCUT2D eigenvalue weighted by molar-refractivity contribution is 0.414. The van der Waals surface area contributed by atoms with E-state index >= 15 is 0 Å². The first-order chi connectivity index (χ1) is 9.11. The van der Waals surface area contributed by atoms with E-state index < -0.39 is 0 Å². The Morgan fingerprint density at radius 2 is 1.95 bits per heavy atom. The van der Waals surface area contributed by atoms with Crippen molar-refractivity contribution in [2.24, 2.45) is 0 Å². The number of hydrogen-bond acceptors (Lipinski definition) is 5. The van der Waals surface area contributed by atoms with Gasteiger partial charge < -0.3 is 10.5 Å². The third-order valence-electron chi connectivity index (χ3n) is 2.73. The number of ether oxygens (including phenoxy) is 1. The first-order valence-electron chi connectivity index (χ1n) is 6.08. The molecule has 0 aliphatic rings. The van der Waals surface area contributed by atoms with Crippen LogP contribution in [-0.2, 0) is 5.75 Å². The molecule has 0 aliphatic carbocycles. The first kappa shape index (κ1) is 13.7. The van der Waals surface area contributed by atoms with Crippen molar-refractivity contribution >= 4 is 17.7 Å². The van der Waals surface area contributed by atoms with Crippen molar-refractivity contribution in [3.8, 4) is 5.75 Å². The third kappa shape index (κ3) is 3.20. The highest BCUT2D eigenvalue weighted by atomic mass is 32.2. The second-order valence-electron chi connectivity index (χ2n) is 4.44. The number of nitrogens with two attached hydrogens (primary N) is 1. The summed E-state index contributed by atoms with van der Waals surface area (Å²) in [7, 11) is 1.66. The van der Waals surface area contributed by atoms with Gasteiger partial charge in [0.15, 0.2) is 5.16 Å². The summed E-state index contributed by atoms with van der Waals surface area (Å²) in [4.78, 5) is 0. The average molecular weight is 278 g/mol. The predicted molar refractivity (Wildman–Crippen MR) is 77.4 cm³/mol. The molecule has 6 heteroatoms. The average Bonchev–Trinajstić information content (AvgIpc) is 2.78. The Bertz CT molecular complexity index is 536. The van der Waals surface area contributed by atoms with Crippen LogP contribution in [0.3, 0.4) is 0 Å². The number of benzene rings is 1. The zero-order valence-corrected chi connectivity index (χ0v) is 12.1. The molecule has 0 saturated carbocycles. The van der Waals surface area contributed by atoms with Crippen molar-refractivity contribution in [2.75, 3.05) is 12.8 Å². The molecule has 0 radical (unpaired) electrons. The summed E-state index contributed by atoms with van der Waals surface area (Å²) in [5.74, 6) is 2.16. The molecule has 5 nitrogen and oxygen atoms in total. The molecule has 0 aliphatic heterocycles. The minimum absolute atomic E-state index is 0.258. The van der Waals surface area contributed by atoms with E-state index in [0.717, 1.165) is 16.7 Å². The fourth-order valence-electron chi connectivity index (χ4n) is 1.74. The maximum absolute atomic E-state index is 5.81. The van der Waals surface area contributed by atoms with E-state index in [0.29, 0.717) is 5.95 Å². The summed E-state index contributed by atoms with van der Waals surface area (Å²) < 4.78 is 7.07. The van der Waals surface area contributed by atoms with Crippen LogP contribution < -0.4 is 10.5 Å². The molecule has 2 N–H and O–H groups in total.